The lowest BCUT2D eigenvalue weighted by atomic mass is 10.1. The van der Waals surface area contributed by atoms with Crippen molar-refractivity contribution >= 4 is 0 Å². The number of hydrogen-bond acceptors (Lipinski definition) is 2. The fourth-order valence-corrected chi connectivity index (χ4v) is 1.24. The van der Waals surface area contributed by atoms with Crippen molar-refractivity contribution < 1.29 is 4.84 Å². The highest BCUT2D eigenvalue weighted by Crippen LogP contribution is 2.19. The highest BCUT2D eigenvalue weighted by Gasteiger charge is 2.07. The first-order valence-electron chi connectivity index (χ1n) is 4.29. The van der Waals surface area contributed by atoms with Crippen LogP contribution in [-0.4, -0.2) is 0 Å². The molecule has 0 aliphatic rings. The van der Waals surface area contributed by atoms with Gasteiger partial charge in [-0.1, -0.05) is 43.7 Å². The predicted molar refractivity (Wildman–Crippen MR) is 49.4 cm³/mol. The van der Waals surface area contributed by atoms with Gasteiger partial charge in [-0.15, -0.1) is 0 Å². The van der Waals surface area contributed by atoms with Gasteiger partial charge in [0.25, 0.3) is 0 Å². The standard InChI is InChI=1S/C10H15NO/c1-2-6-10(12-11)9-7-4-3-5-8-9/h3-5,7-8,10H,2,6,11H2,1H3/t10-/m1/s1. The van der Waals surface area contributed by atoms with Gasteiger partial charge in [0.2, 0.25) is 0 Å². The molecule has 2 N–H and O–H groups in total. The zero-order valence-corrected chi connectivity index (χ0v) is 7.36. The predicted octanol–water partition coefficient (Wildman–Crippen LogP) is 2.42. The monoisotopic (exact) mass is 165 g/mol. The van der Waals surface area contributed by atoms with E-state index in [1.54, 1.807) is 0 Å². The summed E-state index contributed by atoms with van der Waals surface area (Å²) in [5, 5.41) is 0. The van der Waals surface area contributed by atoms with Crippen molar-refractivity contribution in [2.24, 2.45) is 5.90 Å². The van der Waals surface area contributed by atoms with E-state index >= 15 is 0 Å². The molecule has 0 saturated heterocycles. The molecule has 1 aromatic rings. The van der Waals surface area contributed by atoms with Gasteiger partial charge in [-0.25, -0.2) is 5.90 Å². The van der Waals surface area contributed by atoms with Crippen LogP contribution in [0.2, 0.25) is 0 Å². The molecule has 0 radical (unpaired) electrons. The third-order valence-electron chi connectivity index (χ3n) is 1.89. The lowest BCUT2D eigenvalue weighted by Crippen LogP contribution is -2.08. The quantitative estimate of drug-likeness (QED) is 0.695. The molecule has 1 rings (SSSR count). The first-order valence-corrected chi connectivity index (χ1v) is 4.29. The maximum atomic E-state index is 5.19. The molecule has 0 aromatic heterocycles. The van der Waals surface area contributed by atoms with Gasteiger partial charge in [0.15, 0.2) is 0 Å². The molecule has 0 amide bonds. The molecule has 0 bridgehead atoms. The number of hydrogen-bond donors (Lipinski definition) is 1. The van der Waals surface area contributed by atoms with E-state index in [1.807, 2.05) is 30.3 Å². The summed E-state index contributed by atoms with van der Waals surface area (Å²) in [6.45, 7) is 2.12. The van der Waals surface area contributed by atoms with Crippen LogP contribution in [0.3, 0.4) is 0 Å². The van der Waals surface area contributed by atoms with Crippen LogP contribution in [0.15, 0.2) is 30.3 Å². The minimum Gasteiger partial charge on any atom is -0.297 e. The molecule has 0 aliphatic heterocycles. The number of rotatable bonds is 4. The molecule has 0 fully saturated rings. The highest BCUT2D eigenvalue weighted by molar-refractivity contribution is 5.17. The average Bonchev–Trinajstić information content (AvgIpc) is 2.15. The Bertz CT molecular complexity index is 210. The van der Waals surface area contributed by atoms with E-state index in [4.69, 9.17) is 10.7 Å². The Morgan fingerprint density at radius 1 is 1.33 bits per heavy atom. The minimum atomic E-state index is 0.0520. The zero-order chi connectivity index (χ0) is 8.81. The summed E-state index contributed by atoms with van der Waals surface area (Å²) in [7, 11) is 0. The normalized spacial score (nSPS) is 12.8. The van der Waals surface area contributed by atoms with Crippen molar-refractivity contribution in [3.05, 3.63) is 35.9 Å². The number of benzene rings is 1. The van der Waals surface area contributed by atoms with Gasteiger partial charge in [-0.2, -0.15) is 0 Å². The molecular weight excluding hydrogens is 150 g/mol. The maximum Gasteiger partial charge on any atom is 0.104 e. The SMILES string of the molecule is CCC[C@@H](ON)c1ccccc1. The van der Waals surface area contributed by atoms with Crippen LogP contribution in [-0.2, 0) is 4.84 Å². The summed E-state index contributed by atoms with van der Waals surface area (Å²) in [6.07, 6.45) is 2.10. The lowest BCUT2D eigenvalue weighted by Gasteiger charge is -2.12. The molecule has 0 unspecified atom stereocenters. The molecule has 1 atom stereocenters. The summed E-state index contributed by atoms with van der Waals surface area (Å²) in [4.78, 5) is 4.88. The Morgan fingerprint density at radius 2 is 2.00 bits per heavy atom. The molecule has 2 nitrogen and oxygen atoms in total. The molecule has 1 aromatic carbocycles. The third kappa shape index (κ3) is 2.32. The topological polar surface area (TPSA) is 35.2 Å². The van der Waals surface area contributed by atoms with Crippen molar-refractivity contribution in [1.82, 2.24) is 0 Å². The molecule has 0 heterocycles. The van der Waals surface area contributed by atoms with Gasteiger partial charge in [-0.05, 0) is 12.0 Å². The summed E-state index contributed by atoms with van der Waals surface area (Å²) >= 11 is 0. The Hall–Kier alpha value is -0.860. The molecule has 0 spiro atoms. The largest absolute Gasteiger partial charge is 0.297 e. The molecular formula is C10H15NO. The van der Waals surface area contributed by atoms with Crippen molar-refractivity contribution in [3.8, 4) is 0 Å². The van der Waals surface area contributed by atoms with Crippen LogP contribution in [0.25, 0.3) is 0 Å². The molecule has 0 aliphatic carbocycles. The van der Waals surface area contributed by atoms with E-state index in [-0.39, 0.29) is 6.10 Å². The van der Waals surface area contributed by atoms with E-state index in [9.17, 15) is 0 Å². The van der Waals surface area contributed by atoms with E-state index in [0.717, 1.165) is 18.4 Å². The Balaban J connectivity index is 2.66. The van der Waals surface area contributed by atoms with Crippen LogP contribution in [0, 0.1) is 0 Å². The van der Waals surface area contributed by atoms with Crippen LogP contribution in [0.5, 0.6) is 0 Å². The van der Waals surface area contributed by atoms with Crippen molar-refractivity contribution in [2.75, 3.05) is 0 Å². The molecule has 2 heteroatoms. The second kappa shape index (κ2) is 4.91. The second-order valence-electron chi connectivity index (χ2n) is 2.82. The summed E-state index contributed by atoms with van der Waals surface area (Å²) in [5.74, 6) is 5.19. The van der Waals surface area contributed by atoms with Gasteiger partial charge in [0.05, 0.1) is 0 Å². The van der Waals surface area contributed by atoms with Gasteiger partial charge in [0, 0.05) is 0 Å². The van der Waals surface area contributed by atoms with Crippen molar-refractivity contribution in [1.29, 1.82) is 0 Å². The van der Waals surface area contributed by atoms with Crippen LogP contribution < -0.4 is 5.90 Å². The van der Waals surface area contributed by atoms with Crippen LogP contribution in [0.1, 0.15) is 31.4 Å². The first-order chi connectivity index (χ1) is 5.88. The van der Waals surface area contributed by atoms with E-state index < -0.39 is 0 Å². The molecule has 66 valence electrons. The van der Waals surface area contributed by atoms with Crippen molar-refractivity contribution in [3.63, 3.8) is 0 Å². The summed E-state index contributed by atoms with van der Waals surface area (Å²) < 4.78 is 0. The van der Waals surface area contributed by atoms with E-state index in [2.05, 4.69) is 6.92 Å². The fraction of sp³-hybridized carbons (Fsp3) is 0.400. The summed E-state index contributed by atoms with van der Waals surface area (Å²) in [6, 6.07) is 10.1. The van der Waals surface area contributed by atoms with Crippen molar-refractivity contribution in [2.45, 2.75) is 25.9 Å². The summed E-state index contributed by atoms with van der Waals surface area (Å²) in [5.41, 5.74) is 1.15. The van der Waals surface area contributed by atoms with Gasteiger partial charge in [0.1, 0.15) is 6.10 Å². The minimum absolute atomic E-state index is 0.0520. The molecule has 12 heavy (non-hydrogen) atoms. The van der Waals surface area contributed by atoms with E-state index in [1.165, 1.54) is 0 Å². The van der Waals surface area contributed by atoms with Gasteiger partial charge in [-0.3, -0.25) is 4.84 Å². The van der Waals surface area contributed by atoms with Crippen LogP contribution >= 0.6 is 0 Å². The van der Waals surface area contributed by atoms with Crippen LogP contribution in [0.4, 0.5) is 0 Å². The zero-order valence-electron chi connectivity index (χ0n) is 7.36. The van der Waals surface area contributed by atoms with Gasteiger partial charge < -0.3 is 0 Å². The smallest absolute Gasteiger partial charge is 0.104 e. The number of nitrogens with two attached hydrogens (primary N) is 1. The maximum absolute atomic E-state index is 5.19. The Labute approximate surface area is 73.3 Å². The van der Waals surface area contributed by atoms with E-state index in [0.29, 0.717) is 0 Å². The Morgan fingerprint density at radius 3 is 2.50 bits per heavy atom. The molecule has 0 saturated carbocycles. The second-order valence-corrected chi connectivity index (χ2v) is 2.82. The highest BCUT2D eigenvalue weighted by atomic mass is 16.6. The Kier molecular flexibility index (Phi) is 3.77. The lowest BCUT2D eigenvalue weighted by molar-refractivity contribution is 0.0460. The fourth-order valence-electron chi connectivity index (χ4n) is 1.24. The average molecular weight is 165 g/mol. The first kappa shape index (κ1) is 9.23. The third-order valence-corrected chi connectivity index (χ3v) is 1.89. The van der Waals surface area contributed by atoms with Gasteiger partial charge >= 0.3 is 0 Å².